The Bertz CT molecular complexity index is 1160. The van der Waals surface area contributed by atoms with Crippen LogP contribution < -0.4 is 10.9 Å². The zero-order valence-corrected chi connectivity index (χ0v) is 18.3. The predicted octanol–water partition coefficient (Wildman–Crippen LogP) is 3.12. The highest BCUT2D eigenvalue weighted by Gasteiger charge is 2.18. The molecular formula is C24H28N4O3. The molecule has 7 nitrogen and oxygen atoms in total. The SMILES string of the molecule is CCn1c(=O)c(C(=O)Nc2ccc(CN3CCOCC3)cc2)nc2cc(C)c(C)cc21. The number of morpholine rings is 1. The second-order valence-electron chi connectivity index (χ2n) is 7.97. The molecule has 3 aromatic rings. The molecular weight excluding hydrogens is 392 g/mol. The van der Waals surface area contributed by atoms with Crippen LogP contribution in [0.2, 0.25) is 0 Å². The Morgan fingerprint density at radius 1 is 1.10 bits per heavy atom. The summed E-state index contributed by atoms with van der Waals surface area (Å²) in [5.74, 6) is -0.492. The van der Waals surface area contributed by atoms with E-state index in [1.165, 1.54) is 5.56 Å². The average molecular weight is 421 g/mol. The zero-order chi connectivity index (χ0) is 22.0. The first kappa shape index (κ1) is 21.2. The minimum Gasteiger partial charge on any atom is -0.379 e. The number of hydrogen-bond acceptors (Lipinski definition) is 5. The van der Waals surface area contributed by atoms with Crippen LogP contribution in [0.4, 0.5) is 5.69 Å². The van der Waals surface area contributed by atoms with Crippen molar-refractivity contribution in [1.82, 2.24) is 14.5 Å². The predicted molar refractivity (Wildman–Crippen MR) is 122 cm³/mol. The maximum absolute atomic E-state index is 12.9. The Kier molecular flexibility index (Phi) is 6.15. The monoisotopic (exact) mass is 420 g/mol. The molecule has 7 heteroatoms. The highest BCUT2D eigenvalue weighted by Crippen LogP contribution is 2.18. The van der Waals surface area contributed by atoms with E-state index >= 15 is 0 Å². The molecule has 4 rings (SSSR count). The van der Waals surface area contributed by atoms with Gasteiger partial charge < -0.3 is 14.6 Å². The molecule has 0 aliphatic carbocycles. The van der Waals surface area contributed by atoms with Crippen LogP contribution in [0.3, 0.4) is 0 Å². The van der Waals surface area contributed by atoms with Crippen molar-refractivity contribution in [2.75, 3.05) is 31.6 Å². The van der Waals surface area contributed by atoms with Crippen molar-refractivity contribution in [3.05, 3.63) is 69.1 Å². The van der Waals surface area contributed by atoms with Crippen LogP contribution in [0, 0.1) is 13.8 Å². The van der Waals surface area contributed by atoms with Gasteiger partial charge in [-0.05, 0) is 61.7 Å². The van der Waals surface area contributed by atoms with Crippen LogP contribution in [-0.2, 0) is 17.8 Å². The molecule has 1 saturated heterocycles. The molecule has 1 aliphatic heterocycles. The first-order valence-electron chi connectivity index (χ1n) is 10.7. The van der Waals surface area contributed by atoms with Crippen molar-refractivity contribution in [1.29, 1.82) is 0 Å². The van der Waals surface area contributed by atoms with E-state index in [0.29, 0.717) is 17.7 Å². The highest BCUT2D eigenvalue weighted by atomic mass is 16.5. The van der Waals surface area contributed by atoms with Gasteiger partial charge in [0.05, 0.1) is 24.2 Å². The number of carbonyl (C=O) groups excluding carboxylic acids is 1. The van der Waals surface area contributed by atoms with E-state index in [-0.39, 0.29) is 11.3 Å². The van der Waals surface area contributed by atoms with E-state index in [1.54, 1.807) is 4.57 Å². The number of fused-ring (bicyclic) bond motifs is 1. The fourth-order valence-electron chi connectivity index (χ4n) is 3.86. The summed E-state index contributed by atoms with van der Waals surface area (Å²) in [4.78, 5) is 32.6. The van der Waals surface area contributed by atoms with Gasteiger partial charge in [0.2, 0.25) is 0 Å². The van der Waals surface area contributed by atoms with Crippen LogP contribution in [0.1, 0.15) is 34.1 Å². The summed E-state index contributed by atoms with van der Waals surface area (Å²) in [5, 5.41) is 2.82. The Balaban J connectivity index is 1.56. The maximum Gasteiger partial charge on any atom is 0.282 e. The molecule has 0 bridgehead atoms. The minimum absolute atomic E-state index is 0.0880. The maximum atomic E-state index is 12.9. The molecule has 0 radical (unpaired) electrons. The summed E-state index contributed by atoms with van der Waals surface area (Å²) < 4.78 is 6.99. The molecule has 31 heavy (non-hydrogen) atoms. The van der Waals surface area contributed by atoms with Crippen molar-refractivity contribution in [2.24, 2.45) is 0 Å². The molecule has 1 fully saturated rings. The Morgan fingerprint density at radius 3 is 2.45 bits per heavy atom. The summed E-state index contributed by atoms with van der Waals surface area (Å²) in [5.41, 5.74) is 4.90. The normalized spacial score (nSPS) is 14.7. The third kappa shape index (κ3) is 4.52. The second-order valence-corrected chi connectivity index (χ2v) is 7.97. The third-order valence-corrected chi connectivity index (χ3v) is 5.81. The summed E-state index contributed by atoms with van der Waals surface area (Å²) in [7, 11) is 0. The standard InChI is InChI=1S/C24H28N4O3/c1-4-28-21-14-17(3)16(2)13-20(21)26-22(24(28)30)23(29)25-19-7-5-18(6-8-19)15-27-9-11-31-12-10-27/h5-8,13-14H,4,9-12,15H2,1-3H3,(H,25,29). The number of aromatic nitrogens is 2. The fraction of sp³-hybridized carbons (Fsp3) is 0.375. The van der Waals surface area contributed by atoms with Crippen molar-refractivity contribution in [2.45, 2.75) is 33.9 Å². The largest absolute Gasteiger partial charge is 0.379 e. The van der Waals surface area contributed by atoms with Crippen LogP contribution in [0.25, 0.3) is 11.0 Å². The van der Waals surface area contributed by atoms with Crippen LogP contribution in [0.15, 0.2) is 41.2 Å². The molecule has 0 unspecified atom stereocenters. The first-order valence-corrected chi connectivity index (χ1v) is 10.7. The summed E-state index contributed by atoms with van der Waals surface area (Å²) in [6.07, 6.45) is 0. The van der Waals surface area contributed by atoms with E-state index in [0.717, 1.165) is 49.5 Å². The van der Waals surface area contributed by atoms with E-state index in [1.807, 2.05) is 57.2 Å². The van der Waals surface area contributed by atoms with E-state index in [2.05, 4.69) is 15.2 Å². The number of rotatable bonds is 5. The van der Waals surface area contributed by atoms with Crippen molar-refractivity contribution in [3.8, 4) is 0 Å². The third-order valence-electron chi connectivity index (χ3n) is 5.81. The van der Waals surface area contributed by atoms with Gasteiger partial charge in [-0.1, -0.05) is 12.1 Å². The zero-order valence-electron chi connectivity index (χ0n) is 18.3. The molecule has 0 spiro atoms. The Labute approximate surface area is 181 Å². The van der Waals surface area contributed by atoms with E-state index < -0.39 is 5.91 Å². The van der Waals surface area contributed by atoms with Crippen molar-refractivity contribution >= 4 is 22.6 Å². The smallest absolute Gasteiger partial charge is 0.282 e. The van der Waals surface area contributed by atoms with Gasteiger partial charge >= 0.3 is 0 Å². The molecule has 1 amide bonds. The Morgan fingerprint density at radius 2 is 1.77 bits per heavy atom. The summed E-state index contributed by atoms with van der Waals surface area (Å²) >= 11 is 0. The fourth-order valence-corrected chi connectivity index (χ4v) is 3.86. The number of aryl methyl sites for hydroxylation is 3. The molecule has 2 heterocycles. The number of ether oxygens (including phenoxy) is 1. The number of carbonyl (C=O) groups is 1. The summed E-state index contributed by atoms with van der Waals surface area (Å²) in [6.45, 7) is 10.6. The molecule has 162 valence electrons. The molecule has 2 aromatic carbocycles. The number of hydrogen-bond donors (Lipinski definition) is 1. The van der Waals surface area contributed by atoms with Crippen LogP contribution >= 0.6 is 0 Å². The lowest BCUT2D eigenvalue weighted by molar-refractivity contribution is 0.0342. The summed E-state index contributed by atoms with van der Waals surface area (Å²) in [6, 6.07) is 11.6. The van der Waals surface area contributed by atoms with Crippen molar-refractivity contribution in [3.63, 3.8) is 0 Å². The van der Waals surface area contributed by atoms with Gasteiger partial charge in [-0.25, -0.2) is 4.98 Å². The number of nitrogens with zero attached hydrogens (tertiary/aromatic N) is 3. The molecule has 0 saturated carbocycles. The first-order chi connectivity index (χ1) is 15.0. The Hall–Kier alpha value is -3.03. The molecule has 1 aliphatic rings. The molecule has 0 atom stereocenters. The number of benzene rings is 2. The lowest BCUT2D eigenvalue weighted by atomic mass is 10.1. The minimum atomic E-state index is -0.492. The van der Waals surface area contributed by atoms with Gasteiger partial charge in [-0.3, -0.25) is 14.5 Å². The second kappa shape index (κ2) is 8.99. The van der Waals surface area contributed by atoms with Crippen molar-refractivity contribution < 1.29 is 9.53 Å². The van der Waals surface area contributed by atoms with E-state index in [9.17, 15) is 9.59 Å². The highest BCUT2D eigenvalue weighted by molar-refractivity contribution is 6.03. The number of amides is 1. The molecule has 1 N–H and O–H groups in total. The number of anilines is 1. The van der Waals surface area contributed by atoms with Gasteiger partial charge in [0.1, 0.15) is 0 Å². The van der Waals surface area contributed by atoms with Gasteiger partial charge in [-0.2, -0.15) is 0 Å². The van der Waals surface area contributed by atoms with Gasteiger partial charge in [0.15, 0.2) is 5.69 Å². The average Bonchev–Trinajstić information content (AvgIpc) is 2.77. The number of nitrogens with one attached hydrogen (secondary N) is 1. The lowest BCUT2D eigenvalue weighted by Gasteiger charge is -2.26. The quantitative estimate of drug-likeness (QED) is 0.686. The van der Waals surface area contributed by atoms with Gasteiger partial charge in [0.25, 0.3) is 11.5 Å². The topological polar surface area (TPSA) is 76.5 Å². The van der Waals surface area contributed by atoms with Gasteiger partial charge in [-0.15, -0.1) is 0 Å². The van der Waals surface area contributed by atoms with E-state index in [4.69, 9.17) is 4.74 Å². The van der Waals surface area contributed by atoms with Crippen LogP contribution in [0.5, 0.6) is 0 Å². The van der Waals surface area contributed by atoms with Gasteiger partial charge in [0, 0.05) is 31.9 Å². The van der Waals surface area contributed by atoms with Crippen LogP contribution in [-0.4, -0.2) is 46.7 Å². The lowest BCUT2D eigenvalue weighted by Crippen LogP contribution is -2.35. The molecule has 1 aromatic heterocycles.